The Morgan fingerprint density at radius 3 is 2.27 bits per heavy atom. The van der Waals surface area contributed by atoms with Crippen LogP contribution in [0.15, 0.2) is 4.99 Å². The number of piperidine rings is 1. The third kappa shape index (κ3) is 9.29. The smallest absolute Gasteiger partial charge is 0.191 e. The van der Waals surface area contributed by atoms with E-state index in [1.54, 1.807) is 7.05 Å². The molecule has 0 aliphatic carbocycles. The lowest BCUT2D eigenvalue weighted by Crippen LogP contribution is -2.44. The maximum Gasteiger partial charge on any atom is 0.191 e. The normalized spacial score (nSPS) is 18.5. The Bertz CT molecular complexity index is 352. The molecule has 0 bridgehead atoms. The summed E-state index contributed by atoms with van der Waals surface area (Å²) in [6.07, 6.45) is 4.02. The minimum atomic E-state index is -0.819. The van der Waals surface area contributed by atoms with E-state index >= 15 is 0 Å². The van der Waals surface area contributed by atoms with Crippen molar-refractivity contribution in [3.63, 3.8) is 0 Å². The van der Waals surface area contributed by atoms with Gasteiger partial charge in [-0.2, -0.15) is 0 Å². The molecule has 1 fully saturated rings. The summed E-state index contributed by atoms with van der Waals surface area (Å²) in [6, 6.07) is 0. The lowest BCUT2D eigenvalue weighted by Gasteiger charge is -2.26. The van der Waals surface area contributed by atoms with Crippen molar-refractivity contribution < 1.29 is 4.21 Å². The zero-order chi connectivity index (χ0) is 15.7. The van der Waals surface area contributed by atoms with Gasteiger partial charge in [-0.05, 0) is 46.7 Å². The number of likely N-dealkylation sites (tertiary alicyclic amines) is 1. The Hall–Kier alpha value is 0.110. The van der Waals surface area contributed by atoms with Crippen LogP contribution in [0.3, 0.4) is 0 Å². The van der Waals surface area contributed by atoms with Crippen LogP contribution in [0.1, 0.15) is 40.0 Å². The van der Waals surface area contributed by atoms with Crippen LogP contribution in [0.2, 0.25) is 0 Å². The van der Waals surface area contributed by atoms with Crippen molar-refractivity contribution in [3.05, 3.63) is 0 Å². The van der Waals surface area contributed by atoms with Crippen molar-refractivity contribution in [1.29, 1.82) is 0 Å². The van der Waals surface area contributed by atoms with Gasteiger partial charge in [-0.3, -0.25) is 9.20 Å². The lowest BCUT2D eigenvalue weighted by molar-refractivity contribution is 0.232. The summed E-state index contributed by atoms with van der Waals surface area (Å²) < 4.78 is 11.8. The van der Waals surface area contributed by atoms with Gasteiger partial charge in [-0.1, -0.05) is 6.42 Å². The number of guanidine groups is 1. The standard InChI is InChI=1S/C15H32N4OS.HI/c1-15(2,3)21(20)13-9-18-14(16-4)17-8-12-19-10-6-5-7-11-19;/h5-13H2,1-4H3,(H2,16,17,18);1H. The van der Waals surface area contributed by atoms with Crippen molar-refractivity contribution in [1.82, 2.24) is 15.5 Å². The van der Waals surface area contributed by atoms with Gasteiger partial charge in [0.15, 0.2) is 5.96 Å². The molecule has 1 heterocycles. The summed E-state index contributed by atoms with van der Waals surface area (Å²) in [4.78, 5) is 6.71. The van der Waals surface area contributed by atoms with Crippen molar-refractivity contribution >= 4 is 40.7 Å². The second-order valence-electron chi connectivity index (χ2n) is 6.49. The summed E-state index contributed by atoms with van der Waals surface area (Å²) in [5.41, 5.74) is 0. The molecule has 0 spiro atoms. The molecule has 5 nitrogen and oxygen atoms in total. The number of nitrogens with zero attached hydrogens (tertiary/aromatic N) is 2. The van der Waals surface area contributed by atoms with Crippen LogP contribution in [0, 0.1) is 0 Å². The van der Waals surface area contributed by atoms with Crippen molar-refractivity contribution in [2.45, 2.75) is 44.8 Å². The summed E-state index contributed by atoms with van der Waals surface area (Å²) in [5.74, 6) is 1.45. The van der Waals surface area contributed by atoms with Crippen LogP contribution in [0.25, 0.3) is 0 Å². The van der Waals surface area contributed by atoms with Gasteiger partial charge < -0.3 is 15.5 Å². The Morgan fingerprint density at radius 2 is 1.73 bits per heavy atom. The first-order valence-corrected chi connectivity index (χ1v) is 9.31. The number of hydrogen-bond donors (Lipinski definition) is 2. The van der Waals surface area contributed by atoms with E-state index in [-0.39, 0.29) is 28.7 Å². The molecule has 1 unspecified atom stereocenters. The molecule has 1 saturated heterocycles. The fourth-order valence-corrected chi connectivity index (χ4v) is 3.20. The van der Waals surface area contributed by atoms with Gasteiger partial charge in [0, 0.05) is 48.0 Å². The van der Waals surface area contributed by atoms with Gasteiger partial charge in [0.2, 0.25) is 0 Å². The summed E-state index contributed by atoms with van der Waals surface area (Å²) in [7, 11) is 0.956. The molecule has 1 aliphatic rings. The maximum atomic E-state index is 12.0. The van der Waals surface area contributed by atoms with E-state index < -0.39 is 10.8 Å². The largest absolute Gasteiger partial charge is 0.355 e. The number of nitrogens with one attached hydrogen (secondary N) is 2. The van der Waals surface area contributed by atoms with E-state index in [2.05, 4.69) is 20.5 Å². The molecular weight excluding hydrogens is 411 g/mol. The zero-order valence-corrected chi connectivity index (χ0v) is 17.6. The Balaban J connectivity index is 0.00000441. The molecular formula is C15H33IN4OS. The molecule has 7 heteroatoms. The number of aliphatic imine (C=N–C) groups is 1. The molecule has 22 heavy (non-hydrogen) atoms. The molecule has 0 radical (unpaired) electrons. The van der Waals surface area contributed by atoms with Gasteiger partial charge in [0.05, 0.1) is 0 Å². The minimum Gasteiger partial charge on any atom is -0.355 e. The average Bonchev–Trinajstić information content (AvgIpc) is 2.45. The predicted octanol–water partition coefficient (Wildman–Crippen LogP) is 1.80. The van der Waals surface area contributed by atoms with E-state index in [4.69, 9.17) is 0 Å². The second-order valence-corrected chi connectivity index (χ2v) is 8.81. The van der Waals surface area contributed by atoms with Crippen LogP contribution in [-0.4, -0.2) is 65.3 Å². The molecule has 0 aromatic rings. The molecule has 0 saturated carbocycles. The van der Waals surface area contributed by atoms with Crippen molar-refractivity contribution in [2.75, 3.05) is 45.5 Å². The highest BCUT2D eigenvalue weighted by Crippen LogP contribution is 2.10. The van der Waals surface area contributed by atoms with Crippen LogP contribution in [0.5, 0.6) is 0 Å². The summed E-state index contributed by atoms with van der Waals surface area (Å²) >= 11 is 0. The Kier molecular flexibility index (Phi) is 11.7. The number of halogens is 1. The first-order chi connectivity index (χ1) is 9.93. The van der Waals surface area contributed by atoms with E-state index in [0.29, 0.717) is 12.3 Å². The molecule has 0 aromatic heterocycles. The molecule has 0 aromatic carbocycles. The van der Waals surface area contributed by atoms with E-state index in [0.717, 1.165) is 19.0 Å². The fraction of sp³-hybridized carbons (Fsp3) is 0.933. The molecule has 2 N–H and O–H groups in total. The van der Waals surface area contributed by atoms with E-state index in [1.807, 2.05) is 20.8 Å². The first kappa shape index (κ1) is 22.1. The topological polar surface area (TPSA) is 56.7 Å². The van der Waals surface area contributed by atoms with E-state index in [9.17, 15) is 4.21 Å². The van der Waals surface area contributed by atoms with Crippen LogP contribution in [-0.2, 0) is 10.8 Å². The van der Waals surface area contributed by atoms with Gasteiger partial charge in [0.1, 0.15) is 0 Å². The maximum absolute atomic E-state index is 12.0. The van der Waals surface area contributed by atoms with Crippen LogP contribution < -0.4 is 10.6 Å². The van der Waals surface area contributed by atoms with Gasteiger partial charge in [-0.15, -0.1) is 24.0 Å². The highest BCUT2D eigenvalue weighted by molar-refractivity contribution is 14.0. The molecule has 1 atom stereocenters. The van der Waals surface area contributed by atoms with Gasteiger partial charge >= 0.3 is 0 Å². The van der Waals surface area contributed by atoms with Crippen molar-refractivity contribution in [2.24, 2.45) is 4.99 Å². The lowest BCUT2D eigenvalue weighted by atomic mass is 10.1. The predicted molar refractivity (Wildman–Crippen MR) is 108 cm³/mol. The van der Waals surface area contributed by atoms with Crippen molar-refractivity contribution in [3.8, 4) is 0 Å². The monoisotopic (exact) mass is 444 g/mol. The third-order valence-electron chi connectivity index (χ3n) is 3.66. The number of hydrogen-bond acceptors (Lipinski definition) is 3. The Morgan fingerprint density at radius 1 is 1.14 bits per heavy atom. The highest BCUT2D eigenvalue weighted by Gasteiger charge is 2.18. The minimum absolute atomic E-state index is 0. The zero-order valence-electron chi connectivity index (χ0n) is 14.5. The Labute approximate surface area is 155 Å². The van der Waals surface area contributed by atoms with Crippen LogP contribution in [0.4, 0.5) is 0 Å². The number of rotatable bonds is 6. The van der Waals surface area contributed by atoms with Gasteiger partial charge in [-0.25, -0.2) is 0 Å². The SMILES string of the molecule is CN=C(NCCN1CCCCC1)NCCS(=O)C(C)(C)C.I. The third-order valence-corrected chi connectivity index (χ3v) is 5.60. The molecule has 1 rings (SSSR count). The summed E-state index contributed by atoms with van der Waals surface area (Å²) in [6.45, 7) is 11.1. The van der Waals surface area contributed by atoms with Gasteiger partial charge in [0.25, 0.3) is 0 Å². The average molecular weight is 444 g/mol. The molecule has 0 amide bonds. The highest BCUT2D eigenvalue weighted by atomic mass is 127. The quantitative estimate of drug-likeness (QED) is 0.373. The fourth-order valence-electron chi connectivity index (χ4n) is 2.30. The summed E-state index contributed by atoms with van der Waals surface area (Å²) in [5, 5.41) is 6.56. The van der Waals surface area contributed by atoms with E-state index in [1.165, 1.54) is 32.4 Å². The van der Waals surface area contributed by atoms with Crippen LogP contribution >= 0.6 is 24.0 Å². The molecule has 1 aliphatic heterocycles. The first-order valence-electron chi connectivity index (χ1n) is 7.99. The molecule has 132 valence electrons. The second kappa shape index (κ2) is 11.6.